The summed E-state index contributed by atoms with van der Waals surface area (Å²) >= 11 is 0. The second-order valence-corrected chi connectivity index (χ2v) is 8.38. The summed E-state index contributed by atoms with van der Waals surface area (Å²) in [6.45, 7) is 0.836. The summed E-state index contributed by atoms with van der Waals surface area (Å²) in [5.41, 5.74) is 0.722. The largest absolute Gasteiger partial charge is 0.314 e. The summed E-state index contributed by atoms with van der Waals surface area (Å²) in [6.07, 6.45) is 5.81. The molecule has 5 heteroatoms. The molecule has 0 aliphatic heterocycles. The second kappa shape index (κ2) is 7.36. The van der Waals surface area contributed by atoms with E-state index < -0.39 is 9.84 Å². The van der Waals surface area contributed by atoms with Gasteiger partial charge in [0.05, 0.1) is 0 Å². The summed E-state index contributed by atoms with van der Waals surface area (Å²) in [5, 5.41) is 3.47. The van der Waals surface area contributed by atoms with Crippen molar-refractivity contribution < 1.29 is 12.8 Å². The van der Waals surface area contributed by atoms with E-state index in [9.17, 15) is 12.8 Å². The number of sulfone groups is 1. The standard InChI is InChI=1S/C16H24FNO2S/c1-21(19,20)10-4-5-13(12-18-15-8-9-15)11-14-6-2-3-7-16(14)17/h2-3,6-7,13,15,18H,4-5,8-12H2,1H3. The highest BCUT2D eigenvalue weighted by molar-refractivity contribution is 7.90. The summed E-state index contributed by atoms with van der Waals surface area (Å²) in [6, 6.07) is 7.45. The molecule has 0 amide bonds. The van der Waals surface area contributed by atoms with Crippen LogP contribution in [0, 0.1) is 11.7 Å². The predicted octanol–water partition coefficient (Wildman–Crippen LogP) is 2.56. The molecule has 0 spiro atoms. The number of nitrogens with one attached hydrogen (secondary N) is 1. The Morgan fingerprint density at radius 3 is 2.67 bits per heavy atom. The molecule has 1 fully saturated rings. The molecule has 0 radical (unpaired) electrons. The second-order valence-electron chi connectivity index (χ2n) is 6.12. The Kier molecular flexibility index (Phi) is 5.76. The summed E-state index contributed by atoms with van der Waals surface area (Å²) < 4.78 is 36.2. The maximum absolute atomic E-state index is 13.8. The van der Waals surface area contributed by atoms with E-state index in [1.807, 2.05) is 12.1 Å². The topological polar surface area (TPSA) is 46.2 Å². The van der Waals surface area contributed by atoms with Crippen LogP contribution in [0.15, 0.2) is 24.3 Å². The first kappa shape index (κ1) is 16.4. The first-order chi connectivity index (χ1) is 9.94. The molecule has 0 bridgehead atoms. The molecule has 1 atom stereocenters. The Bertz CT molecular complexity index is 555. The van der Waals surface area contributed by atoms with Crippen molar-refractivity contribution in [3.05, 3.63) is 35.6 Å². The molecule has 0 heterocycles. The number of benzene rings is 1. The van der Waals surface area contributed by atoms with Crippen LogP contribution in [0.25, 0.3) is 0 Å². The first-order valence-electron chi connectivity index (χ1n) is 7.58. The molecule has 0 saturated heterocycles. The molecule has 0 aromatic heterocycles. The lowest BCUT2D eigenvalue weighted by atomic mass is 9.94. The number of rotatable bonds is 9. The van der Waals surface area contributed by atoms with E-state index in [1.165, 1.54) is 25.2 Å². The lowest BCUT2D eigenvalue weighted by molar-refractivity contribution is 0.429. The van der Waals surface area contributed by atoms with Crippen molar-refractivity contribution >= 4 is 9.84 Å². The van der Waals surface area contributed by atoms with Crippen LogP contribution in [0.3, 0.4) is 0 Å². The van der Waals surface area contributed by atoms with Gasteiger partial charge >= 0.3 is 0 Å². The molecule has 1 aliphatic carbocycles. The molecule has 3 nitrogen and oxygen atoms in total. The monoisotopic (exact) mass is 313 g/mol. The van der Waals surface area contributed by atoms with Gasteiger partial charge in [-0.1, -0.05) is 18.2 Å². The molecule has 1 aliphatic rings. The van der Waals surface area contributed by atoms with E-state index in [2.05, 4.69) is 5.32 Å². The third kappa shape index (κ3) is 6.57. The minimum atomic E-state index is -2.91. The van der Waals surface area contributed by atoms with Crippen LogP contribution in [-0.2, 0) is 16.3 Å². The van der Waals surface area contributed by atoms with Crippen LogP contribution in [0.2, 0.25) is 0 Å². The van der Waals surface area contributed by atoms with Gasteiger partial charge in [0.2, 0.25) is 0 Å². The fraction of sp³-hybridized carbons (Fsp3) is 0.625. The molecule has 1 unspecified atom stereocenters. The number of hydrogen-bond donors (Lipinski definition) is 1. The maximum Gasteiger partial charge on any atom is 0.147 e. The quantitative estimate of drug-likeness (QED) is 0.762. The van der Waals surface area contributed by atoms with Crippen molar-refractivity contribution in [1.29, 1.82) is 0 Å². The van der Waals surface area contributed by atoms with E-state index in [-0.39, 0.29) is 17.5 Å². The molecule has 1 N–H and O–H groups in total. The van der Waals surface area contributed by atoms with Crippen LogP contribution < -0.4 is 5.32 Å². The predicted molar refractivity (Wildman–Crippen MR) is 83.6 cm³/mol. The average Bonchev–Trinajstić information content (AvgIpc) is 3.21. The van der Waals surface area contributed by atoms with Gasteiger partial charge in [-0.2, -0.15) is 0 Å². The highest BCUT2D eigenvalue weighted by Crippen LogP contribution is 2.21. The zero-order valence-corrected chi connectivity index (χ0v) is 13.3. The van der Waals surface area contributed by atoms with E-state index in [0.29, 0.717) is 18.9 Å². The Balaban J connectivity index is 1.89. The fourth-order valence-electron chi connectivity index (χ4n) is 2.51. The third-order valence-electron chi connectivity index (χ3n) is 3.87. The molecule has 2 rings (SSSR count). The Hall–Kier alpha value is -0.940. The van der Waals surface area contributed by atoms with Crippen LogP contribution in [0.1, 0.15) is 31.2 Å². The van der Waals surface area contributed by atoms with Crippen LogP contribution in [0.5, 0.6) is 0 Å². The van der Waals surface area contributed by atoms with E-state index >= 15 is 0 Å². The lowest BCUT2D eigenvalue weighted by Gasteiger charge is -2.18. The zero-order chi connectivity index (χ0) is 15.3. The average molecular weight is 313 g/mol. The van der Waals surface area contributed by atoms with Gasteiger partial charge in [0, 0.05) is 18.1 Å². The lowest BCUT2D eigenvalue weighted by Crippen LogP contribution is -2.26. The van der Waals surface area contributed by atoms with E-state index in [1.54, 1.807) is 6.07 Å². The SMILES string of the molecule is CS(=O)(=O)CCCC(CNC1CC1)Cc1ccccc1F. The third-order valence-corrected chi connectivity index (χ3v) is 4.90. The minimum Gasteiger partial charge on any atom is -0.314 e. The van der Waals surface area contributed by atoms with Gasteiger partial charge in [-0.05, 0) is 56.2 Å². The van der Waals surface area contributed by atoms with E-state index in [0.717, 1.165) is 18.5 Å². The molecular weight excluding hydrogens is 289 g/mol. The Labute approximate surface area is 126 Å². The molecular formula is C16H24FNO2S. The fourth-order valence-corrected chi connectivity index (χ4v) is 3.20. The van der Waals surface area contributed by atoms with Gasteiger partial charge in [0.1, 0.15) is 15.7 Å². The molecule has 1 saturated carbocycles. The normalized spacial score (nSPS) is 16.9. The van der Waals surface area contributed by atoms with Gasteiger partial charge in [0.15, 0.2) is 0 Å². The first-order valence-corrected chi connectivity index (χ1v) is 9.64. The zero-order valence-electron chi connectivity index (χ0n) is 12.5. The Morgan fingerprint density at radius 2 is 2.05 bits per heavy atom. The van der Waals surface area contributed by atoms with Crippen LogP contribution in [-0.4, -0.2) is 33.0 Å². The van der Waals surface area contributed by atoms with Crippen LogP contribution in [0.4, 0.5) is 4.39 Å². The minimum absolute atomic E-state index is 0.169. The maximum atomic E-state index is 13.8. The number of halogens is 1. The van der Waals surface area contributed by atoms with Crippen molar-refractivity contribution in [2.75, 3.05) is 18.6 Å². The number of hydrogen-bond acceptors (Lipinski definition) is 3. The molecule has 21 heavy (non-hydrogen) atoms. The van der Waals surface area contributed by atoms with Gasteiger partial charge in [0.25, 0.3) is 0 Å². The Morgan fingerprint density at radius 1 is 1.33 bits per heavy atom. The molecule has 118 valence electrons. The van der Waals surface area contributed by atoms with Crippen molar-refractivity contribution in [1.82, 2.24) is 5.32 Å². The van der Waals surface area contributed by atoms with Crippen molar-refractivity contribution in [3.8, 4) is 0 Å². The van der Waals surface area contributed by atoms with Crippen LogP contribution >= 0.6 is 0 Å². The summed E-state index contributed by atoms with van der Waals surface area (Å²) in [4.78, 5) is 0. The van der Waals surface area contributed by atoms with Gasteiger partial charge in [-0.3, -0.25) is 0 Å². The van der Waals surface area contributed by atoms with Gasteiger partial charge in [-0.25, -0.2) is 12.8 Å². The highest BCUT2D eigenvalue weighted by Gasteiger charge is 2.22. The molecule has 1 aromatic rings. The van der Waals surface area contributed by atoms with Crippen molar-refractivity contribution in [2.24, 2.45) is 5.92 Å². The van der Waals surface area contributed by atoms with Gasteiger partial charge < -0.3 is 5.32 Å². The van der Waals surface area contributed by atoms with Crippen molar-refractivity contribution in [3.63, 3.8) is 0 Å². The van der Waals surface area contributed by atoms with Crippen molar-refractivity contribution in [2.45, 2.75) is 38.1 Å². The van der Waals surface area contributed by atoms with Gasteiger partial charge in [-0.15, -0.1) is 0 Å². The van der Waals surface area contributed by atoms with E-state index in [4.69, 9.17) is 0 Å². The summed E-state index contributed by atoms with van der Waals surface area (Å²) in [5.74, 6) is 0.325. The molecule has 1 aromatic carbocycles. The smallest absolute Gasteiger partial charge is 0.147 e. The summed E-state index contributed by atoms with van der Waals surface area (Å²) in [7, 11) is -2.91. The highest BCUT2D eigenvalue weighted by atomic mass is 32.2.